The SMILES string of the molecule is CC[C@H](C)[C@H](CC(=O)[C@H](CCSC)NC(=O)Nc1ccc(CNC(=O)CN2CCN(CC(=O)O)CCN(CC(=O)O)CCN3CC(=O)O[C-]3C2)cc1C)C(=O)NCCN1C(=O)CC(C)C1=O.[Gd]. The number of likely N-dealkylation sites (tertiary alicyclic amines) is 1. The number of Topliss-reactive ketones (excluding diaryl/α,β-unsaturated/α-hetero) is 1. The van der Waals surface area contributed by atoms with Gasteiger partial charge in [-0.25, -0.2) is 4.79 Å². The minimum atomic E-state index is -1.05. The van der Waals surface area contributed by atoms with Crippen LogP contribution in [-0.2, 0) is 49.6 Å². The molecule has 0 bridgehead atoms. The maximum Gasteiger partial charge on any atom is 0.319 e. The molecule has 1 aromatic carbocycles. The van der Waals surface area contributed by atoms with E-state index in [0.717, 1.165) is 10.5 Å². The Kier molecular flexibility index (Phi) is 24.5. The summed E-state index contributed by atoms with van der Waals surface area (Å²) in [5.41, 5.74) is 1.90. The number of amides is 6. The number of aliphatic carboxylic acids is 2. The Morgan fingerprint density at radius 3 is 2.15 bits per heavy atom. The van der Waals surface area contributed by atoms with E-state index in [1.54, 1.807) is 51.6 Å². The molecule has 6 N–H and O–H groups in total. The summed E-state index contributed by atoms with van der Waals surface area (Å²) in [7, 11) is 0. The standard InChI is InChI=1S/C44H66N9O12S.Gd/c1-6-28(2)32(42(62)45-10-11-53-37(56)20-30(4)43(53)63)21-35(54)34(9-18-66-5)48-44(64)47-33-8-7-31(19-29(33)3)22-46-36(55)23-51-15-14-49(25-39(57)58)12-13-50(26-40(59)60)16-17-52-27-41(61)65-38(52)24-51;/h7-8,19,28,30,32,34H,6,9-18,20-27H2,1-5H3,(H,45,62)(H,46,55)(H,57,58)(H,59,60)(H2,47,48,64);/q-1;/t28-,30?,32-,34-;/m0./s1. The summed E-state index contributed by atoms with van der Waals surface area (Å²) in [6, 6.07) is 3.75. The van der Waals surface area contributed by atoms with Gasteiger partial charge in [-0.1, -0.05) is 52.1 Å². The number of imide groups is 1. The smallest absolute Gasteiger partial charge is 0.319 e. The summed E-state index contributed by atoms with van der Waals surface area (Å²) in [6.45, 7) is 8.65. The molecule has 3 aliphatic heterocycles. The molecule has 1 unspecified atom stereocenters. The molecule has 3 saturated heterocycles. The zero-order valence-electron chi connectivity index (χ0n) is 39.0. The van der Waals surface area contributed by atoms with Crippen LogP contribution in [0, 0.1) is 70.8 Å². The molecule has 23 heteroatoms. The predicted octanol–water partition coefficient (Wildman–Crippen LogP) is 0.424. The number of ether oxygens (including phenoxy) is 1. The fourth-order valence-electron chi connectivity index (χ4n) is 7.97. The molecule has 0 saturated carbocycles. The van der Waals surface area contributed by atoms with E-state index < -0.39 is 35.9 Å². The Morgan fingerprint density at radius 1 is 0.925 bits per heavy atom. The zero-order valence-corrected chi connectivity index (χ0v) is 42.0. The number of benzene rings is 1. The van der Waals surface area contributed by atoms with Gasteiger partial charge in [-0.05, 0) is 55.0 Å². The number of ketones is 1. The Balaban J connectivity index is 0.0000119. The third-order valence-corrected chi connectivity index (χ3v) is 12.7. The summed E-state index contributed by atoms with van der Waals surface area (Å²) >= 11 is 1.52. The van der Waals surface area contributed by atoms with Crippen LogP contribution in [-0.4, -0.2) is 191 Å². The number of carbonyl (C=O) groups excluding carboxylic acids is 7. The number of urea groups is 1. The van der Waals surface area contributed by atoms with Gasteiger partial charge in [0.1, 0.15) is 0 Å². The van der Waals surface area contributed by atoms with Crippen molar-refractivity contribution in [3.05, 3.63) is 35.6 Å². The fraction of sp³-hybridized carbons (Fsp3) is 0.636. The van der Waals surface area contributed by atoms with Gasteiger partial charge in [-0.3, -0.25) is 53.1 Å². The molecular formula is C44H66GdN9O12S-. The molecule has 374 valence electrons. The molecule has 4 atom stereocenters. The van der Waals surface area contributed by atoms with Crippen LogP contribution in [0.3, 0.4) is 0 Å². The van der Waals surface area contributed by atoms with Crippen LogP contribution in [0.1, 0.15) is 57.6 Å². The topological polar surface area (TPSA) is 268 Å². The quantitative estimate of drug-likeness (QED) is 0.0522. The summed E-state index contributed by atoms with van der Waals surface area (Å²) < 4.78 is 5.49. The summed E-state index contributed by atoms with van der Waals surface area (Å²) in [4.78, 5) is 122. The van der Waals surface area contributed by atoms with Crippen LogP contribution < -0.4 is 21.3 Å². The summed E-state index contributed by atoms with van der Waals surface area (Å²) in [5, 5.41) is 30.3. The van der Waals surface area contributed by atoms with Gasteiger partial charge in [0.25, 0.3) is 5.97 Å². The van der Waals surface area contributed by atoms with Gasteiger partial charge >= 0.3 is 18.0 Å². The van der Waals surface area contributed by atoms with Crippen LogP contribution in [0.25, 0.3) is 0 Å². The number of hydrogen-bond acceptors (Lipinski definition) is 15. The molecule has 67 heavy (non-hydrogen) atoms. The zero-order chi connectivity index (χ0) is 48.5. The molecule has 21 nitrogen and oxygen atoms in total. The molecule has 0 spiro atoms. The molecule has 0 aromatic heterocycles. The number of nitrogens with zero attached hydrogens (tertiary/aromatic N) is 5. The maximum absolute atomic E-state index is 13.8. The van der Waals surface area contributed by atoms with E-state index in [1.807, 2.05) is 20.1 Å². The van der Waals surface area contributed by atoms with Gasteiger partial charge in [-0.15, -0.1) is 0 Å². The first-order chi connectivity index (χ1) is 31.4. The summed E-state index contributed by atoms with van der Waals surface area (Å²) in [6.07, 6.45) is 3.21. The Morgan fingerprint density at radius 2 is 1.57 bits per heavy atom. The number of carbonyl (C=O) groups is 9. The molecule has 3 aliphatic rings. The number of esters is 1. The number of carboxylic acid groups (broad SMARTS) is 2. The van der Waals surface area contributed by atoms with Crippen molar-refractivity contribution in [3.63, 3.8) is 0 Å². The summed E-state index contributed by atoms with van der Waals surface area (Å²) in [5.74, 6) is -4.73. The van der Waals surface area contributed by atoms with Crippen molar-refractivity contribution in [2.75, 3.05) is 102 Å². The second kappa shape index (κ2) is 28.6. The Labute approximate surface area is 428 Å². The van der Waals surface area contributed by atoms with Crippen LogP contribution >= 0.6 is 11.8 Å². The number of fused-ring (bicyclic) bond motifs is 1. The number of carboxylic acids is 2. The third kappa shape index (κ3) is 18.9. The van der Waals surface area contributed by atoms with E-state index in [9.17, 15) is 53.4 Å². The molecule has 3 heterocycles. The molecule has 0 aliphatic carbocycles. The van der Waals surface area contributed by atoms with Gasteiger partial charge in [-0.2, -0.15) is 11.8 Å². The predicted molar refractivity (Wildman–Crippen MR) is 244 cm³/mol. The second-order valence-electron chi connectivity index (χ2n) is 17.1. The van der Waals surface area contributed by atoms with Crippen LogP contribution in [0.5, 0.6) is 0 Å². The fourth-order valence-corrected chi connectivity index (χ4v) is 8.44. The Bertz CT molecular complexity index is 1930. The van der Waals surface area contributed by atoms with E-state index in [4.69, 9.17) is 4.74 Å². The normalized spacial score (nSPS) is 19.4. The molecule has 0 radical (unpaired) electrons. The first kappa shape index (κ1) is 57.5. The monoisotopic (exact) mass is 1100 g/mol. The van der Waals surface area contributed by atoms with Crippen molar-refractivity contribution in [1.29, 1.82) is 0 Å². The van der Waals surface area contributed by atoms with E-state index in [-0.39, 0.29) is 173 Å². The van der Waals surface area contributed by atoms with Crippen molar-refractivity contribution in [2.45, 2.75) is 66.0 Å². The van der Waals surface area contributed by atoms with E-state index in [0.29, 0.717) is 49.2 Å². The number of thioether (sulfide) groups is 1. The molecule has 1 aromatic rings. The second-order valence-corrected chi connectivity index (χ2v) is 18.1. The van der Waals surface area contributed by atoms with E-state index >= 15 is 0 Å². The molecule has 3 fully saturated rings. The van der Waals surface area contributed by atoms with Crippen LogP contribution in [0.2, 0.25) is 0 Å². The van der Waals surface area contributed by atoms with Gasteiger partial charge < -0.3 is 46.0 Å². The minimum absolute atomic E-state index is 0. The van der Waals surface area contributed by atoms with E-state index in [2.05, 4.69) is 21.3 Å². The van der Waals surface area contributed by atoms with Crippen molar-refractivity contribution >= 4 is 70.8 Å². The van der Waals surface area contributed by atoms with Crippen LogP contribution in [0.4, 0.5) is 10.5 Å². The van der Waals surface area contributed by atoms with Crippen molar-refractivity contribution < 1.29 is 98.0 Å². The average molecular weight is 1100 g/mol. The van der Waals surface area contributed by atoms with Gasteiger partial charge in [0.05, 0.1) is 32.2 Å². The Hall–Kier alpha value is -3.84. The minimum Gasteiger partial charge on any atom is -0.617 e. The first-order valence-electron chi connectivity index (χ1n) is 22.4. The van der Waals surface area contributed by atoms with Gasteiger partial charge in [0.2, 0.25) is 23.6 Å². The van der Waals surface area contributed by atoms with Crippen LogP contribution in [0.15, 0.2) is 18.2 Å². The number of rotatable bonds is 22. The number of hydrogen-bond donors (Lipinski definition) is 6. The molecule has 4 rings (SSSR count). The number of aryl methyl sites for hydroxylation is 1. The van der Waals surface area contributed by atoms with Crippen molar-refractivity contribution in [1.82, 2.24) is 40.4 Å². The number of nitrogens with one attached hydrogen (secondary N) is 4. The van der Waals surface area contributed by atoms with Gasteiger partial charge in [0, 0.05) is 123 Å². The maximum atomic E-state index is 13.8. The largest absolute Gasteiger partial charge is 0.617 e. The third-order valence-electron chi connectivity index (χ3n) is 12.0. The molecular weight excluding hydrogens is 1040 g/mol. The van der Waals surface area contributed by atoms with Crippen molar-refractivity contribution in [3.8, 4) is 0 Å². The van der Waals surface area contributed by atoms with E-state index in [1.165, 1.54) is 11.8 Å². The molecule has 6 amide bonds. The first-order valence-corrected chi connectivity index (χ1v) is 23.8. The average Bonchev–Trinajstić information content (AvgIpc) is 3.73. The van der Waals surface area contributed by atoms with Gasteiger partial charge in [0.15, 0.2) is 5.78 Å². The van der Waals surface area contributed by atoms with Crippen molar-refractivity contribution in [2.24, 2.45) is 17.8 Å². The number of anilines is 1.